The van der Waals surface area contributed by atoms with Crippen LogP contribution in [0.25, 0.3) is 0 Å². The van der Waals surface area contributed by atoms with Crippen molar-refractivity contribution in [3.05, 3.63) is 29.8 Å². The quantitative estimate of drug-likeness (QED) is 0.845. The lowest BCUT2D eigenvalue weighted by molar-refractivity contribution is 0.123. The van der Waals surface area contributed by atoms with Gasteiger partial charge >= 0.3 is 0 Å². The Bertz CT molecular complexity index is 403. The molecule has 0 radical (unpaired) electrons. The summed E-state index contributed by atoms with van der Waals surface area (Å²) in [6, 6.07) is 8.20. The highest BCUT2D eigenvalue weighted by atomic mass is 16.5. The zero-order valence-corrected chi connectivity index (χ0v) is 11.9. The van der Waals surface area contributed by atoms with E-state index in [0.717, 1.165) is 38.5 Å². The van der Waals surface area contributed by atoms with Gasteiger partial charge in [-0.05, 0) is 31.2 Å². The summed E-state index contributed by atoms with van der Waals surface area (Å²) in [7, 11) is 3.83. The van der Waals surface area contributed by atoms with E-state index in [4.69, 9.17) is 15.2 Å². The second-order valence-corrected chi connectivity index (χ2v) is 5.53. The van der Waals surface area contributed by atoms with Crippen LogP contribution in [0.4, 0.5) is 0 Å². The van der Waals surface area contributed by atoms with E-state index in [-0.39, 0.29) is 5.41 Å². The Balaban J connectivity index is 1.94. The fraction of sp³-hybridized carbons (Fsp3) is 0.600. The third kappa shape index (κ3) is 3.69. The minimum atomic E-state index is 0.133. The van der Waals surface area contributed by atoms with E-state index in [1.165, 1.54) is 5.56 Å². The molecule has 4 heteroatoms. The first kappa shape index (κ1) is 14.3. The Morgan fingerprint density at radius 3 is 2.95 bits per heavy atom. The van der Waals surface area contributed by atoms with Crippen molar-refractivity contribution < 1.29 is 9.47 Å². The van der Waals surface area contributed by atoms with Crippen LogP contribution < -0.4 is 10.5 Å². The van der Waals surface area contributed by atoms with Crippen LogP contribution in [0.5, 0.6) is 5.75 Å². The Hall–Kier alpha value is -1.10. The maximum atomic E-state index is 5.93. The summed E-state index contributed by atoms with van der Waals surface area (Å²) in [4.78, 5) is 2.32. The van der Waals surface area contributed by atoms with Gasteiger partial charge in [-0.25, -0.2) is 0 Å². The van der Waals surface area contributed by atoms with Crippen LogP contribution in [-0.2, 0) is 11.3 Å². The minimum Gasteiger partial charge on any atom is -0.497 e. The second-order valence-electron chi connectivity index (χ2n) is 5.53. The molecular weight excluding hydrogens is 240 g/mol. The molecule has 0 aliphatic carbocycles. The summed E-state index contributed by atoms with van der Waals surface area (Å²) in [5, 5.41) is 0. The molecule has 1 atom stereocenters. The van der Waals surface area contributed by atoms with Gasteiger partial charge in [-0.1, -0.05) is 12.1 Å². The number of rotatable bonds is 6. The van der Waals surface area contributed by atoms with Crippen LogP contribution >= 0.6 is 0 Å². The Kier molecular flexibility index (Phi) is 4.80. The SMILES string of the molecule is COc1cccc(CN(C)CC2(CN)CCOC2)c1. The van der Waals surface area contributed by atoms with Gasteiger partial charge in [0.15, 0.2) is 0 Å². The number of nitrogens with zero attached hydrogens (tertiary/aromatic N) is 1. The van der Waals surface area contributed by atoms with Crippen LogP contribution in [0, 0.1) is 5.41 Å². The third-order valence-corrected chi connectivity index (χ3v) is 3.81. The smallest absolute Gasteiger partial charge is 0.119 e. The van der Waals surface area contributed by atoms with Gasteiger partial charge in [0.1, 0.15) is 5.75 Å². The molecule has 1 aromatic carbocycles. The number of nitrogens with two attached hydrogens (primary N) is 1. The monoisotopic (exact) mass is 264 g/mol. The number of hydrogen-bond donors (Lipinski definition) is 1. The maximum absolute atomic E-state index is 5.93. The van der Waals surface area contributed by atoms with Crippen molar-refractivity contribution in [1.82, 2.24) is 4.90 Å². The van der Waals surface area contributed by atoms with Gasteiger partial charge in [-0.3, -0.25) is 0 Å². The Morgan fingerprint density at radius 1 is 1.47 bits per heavy atom. The molecule has 0 saturated carbocycles. The highest BCUT2D eigenvalue weighted by Gasteiger charge is 2.34. The zero-order valence-electron chi connectivity index (χ0n) is 11.9. The molecular formula is C15H24N2O2. The van der Waals surface area contributed by atoms with Gasteiger partial charge in [-0.15, -0.1) is 0 Å². The van der Waals surface area contributed by atoms with E-state index in [9.17, 15) is 0 Å². The molecule has 106 valence electrons. The van der Waals surface area contributed by atoms with E-state index in [2.05, 4.69) is 24.1 Å². The first-order valence-corrected chi connectivity index (χ1v) is 6.77. The second kappa shape index (κ2) is 6.37. The van der Waals surface area contributed by atoms with E-state index < -0.39 is 0 Å². The summed E-state index contributed by atoms with van der Waals surface area (Å²) < 4.78 is 10.8. The summed E-state index contributed by atoms with van der Waals surface area (Å²) in [5.74, 6) is 0.906. The van der Waals surface area contributed by atoms with Gasteiger partial charge in [0.05, 0.1) is 13.7 Å². The average molecular weight is 264 g/mol. The number of hydrogen-bond acceptors (Lipinski definition) is 4. The molecule has 1 unspecified atom stereocenters. The summed E-state index contributed by atoms with van der Waals surface area (Å²) in [6.45, 7) is 4.19. The molecule has 0 aromatic heterocycles. The molecule has 0 bridgehead atoms. The third-order valence-electron chi connectivity index (χ3n) is 3.81. The highest BCUT2D eigenvalue weighted by molar-refractivity contribution is 5.28. The van der Waals surface area contributed by atoms with E-state index in [1.807, 2.05) is 12.1 Å². The van der Waals surface area contributed by atoms with Gasteiger partial charge in [-0.2, -0.15) is 0 Å². The fourth-order valence-corrected chi connectivity index (χ4v) is 2.71. The molecule has 4 nitrogen and oxygen atoms in total. The molecule has 19 heavy (non-hydrogen) atoms. The largest absolute Gasteiger partial charge is 0.497 e. The van der Waals surface area contributed by atoms with Crippen LogP contribution in [0.3, 0.4) is 0 Å². The number of methoxy groups -OCH3 is 1. The molecule has 2 N–H and O–H groups in total. The zero-order chi connectivity index (χ0) is 13.7. The molecule has 1 saturated heterocycles. The average Bonchev–Trinajstić information content (AvgIpc) is 2.88. The first-order valence-electron chi connectivity index (χ1n) is 6.77. The van der Waals surface area contributed by atoms with Crippen molar-refractivity contribution in [2.45, 2.75) is 13.0 Å². The van der Waals surface area contributed by atoms with E-state index in [1.54, 1.807) is 7.11 Å². The lowest BCUT2D eigenvalue weighted by atomic mass is 9.87. The van der Waals surface area contributed by atoms with Crippen molar-refractivity contribution in [3.8, 4) is 5.75 Å². The van der Waals surface area contributed by atoms with E-state index in [0.29, 0.717) is 6.54 Å². The maximum Gasteiger partial charge on any atom is 0.119 e. The topological polar surface area (TPSA) is 47.7 Å². The van der Waals surface area contributed by atoms with Crippen molar-refractivity contribution in [2.75, 3.05) is 40.5 Å². The predicted molar refractivity (Wildman–Crippen MR) is 76.3 cm³/mol. The van der Waals surface area contributed by atoms with Gasteiger partial charge in [0, 0.05) is 31.7 Å². The highest BCUT2D eigenvalue weighted by Crippen LogP contribution is 2.28. The van der Waals surface area contributed by atoms with Gasteiger partial charge in [0.25, 0.3) is 0 Å². The van der Waals surface area contributed by atoms with Crippen LogP contribution in [0.15, 0.2) is 24.3 Å². The summed E-state index contributed by atoms with van der Waals surface area (Å²) in [6.07, 6.45) is 1.06. The number of ether oxygens (including phenoxy) is 2. The standard InChI is InChI=1S/C15H24N2O2/c1-17(11-15(10-16)6-7-19-12-15)9-13-4-3-5-14(8-13)18-2/h3-5,8H,6-7,9-12,16H2,1-2H3. The van der Waals surface area contributed by atoms with Crippen LogP contribution in [0.2, 0.25) is 0 Å². The predicted octanol–water partition coefficient (Wildman–Crippen LogP) is 1.49. The molecule has 0 spiro atoms. The van der Waals surface area contributed by atoms with Crippen LogP contribution in [0.1, 0.15) is 12.0 Å². The summed E-state index contributed by atoms with van der Waals surface area (Å²) in [5.41, 5.74) is 7.32. The van der Waals surface area contributed by atoms with Crippen molar-refractivity contribution in [3.63, 3.8) is 0 Å². The molecule has 1 fully saturated rings. The molecule has 1 aromatic rings. The summed E-state index contributed by atoms with van der Waals surface area (Å²) >= 11 is 0. The van der Waals surface area contributed by atoms with E-state index >= 15 is 0 Å². The molecule has 2 rings (SSSR count). The van der Waals surface area contributed by atoms with Crippen LogP contribution in [-0.4, -0.2) is 45.4 Å². The van der Waals surface area contributed by atoms with Crippen molar-refractivity contribution >= 4 is 0 Å². The first-order chi connectivity index (χ1) is 9.17. The molecule has 1 heterocycles. The molecule has 1 aliphatic heterocycles. The van der Waals surface area contributed by atoms with Crippen molar-refractivity contribution in [2.24, 2.45) is 11.1 Å². The lowest BCUT2D eigenvalue weighted by Crippen LogP contribution is -2.41. The van der Waals surface area contributed by atoms with Gasteiger partial charge < -0.3 is 20.1 Å². The minimum absolute atomic E-state index is 0.133. The normalized spacial score (nSPS) is 22.9. The Labute approximate surface area is 115 Å². The Morgan fingerprint density at radius 2 is 2.32 bits per heavy atom. The number of benzene rings is 1. The molecule has 1 aliphatic rings. The van der Waals surface area contributed by atoms with Crippen molar-refractivity contribution in [1.29, 1.82) is 0 Å². The fourth-order valence-electron chi connectivity index (χ4n) is 2.71. The lowest BCUT2D eigenvalue weighted by Gasteiger charge is -2.31. The van der Waals surface area contributed by atoms with Gasteiger partial charge in [0.2, 0.25) is 0 Å². The molecule has 0 amide bonds.